The molecule has 2 aromatic rings. The summed E-state index contributed by atoms with van der Waals surface area (Å²) >= 11 is 0. The van der Waals surface area contributed by atoms with Gasteiger partial charge in [0.05, 0.1) is 6.54 Å². The molecule has 0 aromatic carbocycles. The molecule has 13 heavy (non-hydrogen) atoms. The molecule has 0 fully saturated rings. The summed E-state index contributed by atoms with van der Waals surface area (Å²) in [6, 6.07) is 5.93. The molecule has 0 saturated heterocycles. The third-order valence-corrected chi connectivity index (χ3v) is 2.03. The number of aryl methyl sites for hydroxylation is 2. The number of hydrogen-bond donors (Lipinski definition) is 0. The standard InChI is InChI=1S/C10H12N2O/c1-8-5-6-11-12(8)7-10-4-3-9(2)13-10/h3-6H,7H2,1-2H3. The summed E-state index contributed by atoms with van der Waals surface area (Å²) in [5.41, 5.74) is 1.15. The summed E-state index contributed by atoms with van der Waals surface area (Å²) in [5, 5.41) is 4.18. The molecule has 0 bridgehead atoms. The van der Waals surface area contributed by atoms with E-state index in [1.165, 1.54) is 0 Å². The zero-order valence-corrected chi connectivity index (χ0v) is 7.82. The number of furan rings is 1. The van der Waals surface area contributed by atoms with E-state index in [4.69, 9.17) is 4.42 Å². The number of rotatable bonds is 2. The molecule has 0 spiro atoms. The first kappa shape index (κ1) is 8.10. The van der Waals surface area contributed by atoms with Gasteiger partial charge in [0, 0.05) is 11.9 Å². The van der Waals surface area contributed by atoms with Gasteiger partial charge in [-0.25, -0.2) is 0 Å². The van der Waals surface area contributed by atoms with Gasteiger partial charge in [-0.05, 0) is 32.0 Å². The van der Waals surface area contributed by atoms with E-state index in [0.29, 0.717) is 6.54 Å². The van der Waals surface area contributed by atoms with Crippen LogP contribution in [0.4, 0.5) is 0 Å². The molecule has 2 heterocycles. The van der Waals surface area contributed by atoms with E-state index >= 15 is 0 Å². The molecule has 68 valence electrons. The third-order valence-electron chi connectivity index (χ3n) is 2.03. The van der Waals surface area contributed by atoms with E-state index < -0.39 is 0 Å². The zero-order valence-electron chi connectivity index (χ0n) is 7.82. The van der Waals surface area contributed by atoms with Crippen LogP contribution in [0.5, 0.6) is 0 Å². The van der Waals surface area contributed by atoms with Crippen LogP contribution in [0.1, 0.15) is 17.2 Å². The van der Waals surface area contributed by atoms with Gasteiger partial charge in [-0.2, -0.15) is 5.10 Å². The molecule has 0 aliphatic heterocycles. The average Bonchev–Trinajstić information content (AvgIpc) is 2.64. The van der Waals surface area contributed by atoms with Crippen molar-refractivity contribution in [2.75, 3.05) is 0 Å². The third kappa shape index (κ3) is 1.64. The van der Waals surface area contributed by atoms with Crippen molar-refractivity contribution in [3.05, 3.63) is 41.6 Å². The Morgan fingerprint density at radius 3 is 2.69 bits per heavy atom. The first-order valence-corrected chi connectivity index (χ1v) is 4.29. The van der Waals surface area contributed by atoms with Gasteiger partial charge in [0.15, 0.2) is 0 Å². The topological polar surface area (TPSA) is 31.0 Å². The monoisotopic (exact) mass is 176 g/mol. The van der Waals surface area contributed by atoms with Crippen LogP contribution < -0.4 is 0 Å². The Hall–Kier alpha value is -1.51. The SMILES string of the molecule is Cc1ccc(Cn2nccc2C)o1. The van der Waals surface area contributed by atoms with Crippen molar-refractivity contribution in [1.29, 1.82) is 0 Å². The maximum atomic E-state index is 5.45. The minimum atomic E-state index is 0.715. The number of hydrogen-bond acceptors (Lipinski definition) is 2. The van der Waals surface area contributed by atoms with Gasteiger partial charge in [-0.1, -0.05) is 0 Å². The van der Waals surface area contributed by atoms with Crippen LogP contribution in [0.2, 0.25) is 0 Å². The van der Waals surface area contributed by atoms with Gasteiger partial charge in [-0.3, -0.25) is 4.68 Å². The zero-order chi connectivity index (χ0) is 9.26. The van der Waals surface area contributed by atoms with Crippen LogP contribution in [-0.4, -0.2) is 9.78 Å². The highest BCUT2D eigenvalue weighted by molar-refractivity contribution is 5.07. The first-order chi connectivity index (χ1) is 6.25. The van der Waals surface area contributed by atoms with Crippen molar-refractivity contribution in [3.63, 3.8) is 0 Å². The lowest BCUT2D eigenvalue weighted by Crippen LogP contribution is -2.02. The van der Waals surface area contributed by atoms with Crippen molar-refractivity contribution < 1.29 is 4.42 Å². The lowest BCUT2D eigenvalue weighted by Gasteiger charge is -2.00. The van der Waals surface area contributed by atoms with E-state index in [1.54, 1.807) is 6.20 Å². The maximum Gasteiger partial charge on any atom is 0.125 e. The summed E-state index contributed by atoms with van der Waals surface area (Å²) in [5.74, 6) is 1.89. The van der Waals surface area contributed by atoms with E-state index in [-0.39, 0.29) is 0 Å². The minimum Gasteiger partial charge on any atom is -0.464 e. The molecular formula is C10H12N2O. The fraction of sp³-hybridized carbons (Fsp3) is 0.300. The average molecular weight is 176 g/mol. The highest BCUT2D eigenvalue weighted by Crippen LogP contribution is 2.08. The molecule has 0 aliphatic rings. The van der Waals surface area contributed by atoms with E-state index in [9.17, 15) is 0 Å². The molecule has 3 nitrogen and oxygen atoms in total. The van der Waals surface area contributed by atoms with Gasteiger partial charge in [-0.15, -0.1) is 0 Å². The highest BCUT2D eigenvalue weighted by Gasteiger charge is 2.01. The summed E-state index contributed by atoms with van der Waals surface area (Å²) in [6.45, 7) is 4.69. The molecule has 0 saturated carbocycles. The van der Waals surface area contributed by atoms with Crippen molar-refractivity contribution in [2.24, 2.45) is 0 Å². The lowest BCUT2D eigenvalue weighted by atomic mass is 10.4. The van der Waals surface area contributed by atoms with Crippen LogP contribution >= 0.6 is 0 Å². The van der Waals surface area contributed by atoms with Crippen molar-refractivity contribution in [1.82, 2.24) is 9.78 Å². The summed E-state index contributed by atoms with van der Waals surface area (Å²) < 4.78 is 7.37. The quantitative estimate of drug-likeness (QED) is 0.702. The summed E-state index contributed by atoms with van der Waals surface area (Å²) in [7, 11) is 0. The van der Waals surface area contributed by atoms with Gasteiger partial charge in [0.2, 0.25) is 0 Å². The van der Waals surface area contributed by atoms with Gasteiger partial charge < -0.3 is 4.42 Å². The summed E-state index contributed by atoms with van der Waals surface area (Å²) in [4.78, 5) is 0. The molecule has 0 aliphatic carbocycles. The molecule has 0 amide bonds. The van der Waals surface area contributed by atoms with Gasteiger partial charge >= 0.3 is 0 Å². The molecule has 2 aromatic heterocycles. The predicted octanol–water partition coefficient (Wildman–Crippen LogP) is 2.14. The molecule has 2 rings (SSSR count). The van der Waals surface area contributed by atoms with Crippen LogP contribution in [0.15, 0.2) is 28.8 Å². The highest BCUT2D eigenvalue weighted by atomic mass is 16.3. The van der Waals surface area contributed by atoms with Crippen molar-refractivity contribution in [2.45, 2.75) is 20.4 Å². The number of aromatic nitrogens is 2. The Morgan fingerprint density at radius 2 is 2.15 bits per heavy atom. The fourth-order valence-electron chi connectivity index (χ4n) is 1.28. The molecule has 3 heteroatoms. The van der Waals surface area contributed by atoms with E-state index in [0.717, 1.165) is 17.2 Å². The molecule has 0 radical (unpaired) electrons. The Labute approximate surface area is 77.0 Å². The predicted molar refractivity (Wildman–Crippen MR) is 49.5 cm³/mol. The van der Waals surface area contributed by atoms with Crippen LogP contribution in [0, 0.1) is 13.8 Å². The maximum absolute atomic E-state index is 5.45. The fourth-order valence-corrected chi connectivity index (χ4v) is 1.28. The molecular weight excluding hydrogens is 164 g/mol. The Morgan fingerprint density at radius 1 is 1.31 bits per heavy atom. The minimum absolute atomic E-state index is 0.715. The van der Waals surface area contributed by atoms with E-state index in [2.05, 4.69) is 5.10 Å². The van der Waals surface area contributed by atoms with Crippen LogP contribution in [-0.2, 0) is 6.54 Å². The van der Waals surface area contributed by atoms with Crippen LogP contribution in [0.25, 0.3) is 0 Å². The second kappa shape index (κ2) is 3.09. The Bertz CT molecular complexity index is 400. The lowest BCUT2D eigenvalue weighted by molar-refractivity contribution is 0.456. The molecule has 0 unspecified atom stereocenters. The largest absolute Gasteiger partial charge is 0.464 e. The van der Waals surface area contributed by atoms with Crippen molar-refractivity contribution >= 4 is 0 Å². The smallest absolute Gasteiger partial charge is 0.125 e. The summed E-state index contributed by atoms with van der Waals surface area (Å²) in [6.07, 6.45) is 1.80. The number of nitrogens with zero attached hydrogens (tertiary/aromatic N) is 2. The molecule has 0 atom stereocenters. The second-order valence-electron chi connectivity index (χ2n) is 3.14. The first-order valence-electron chi connectivity index (χ1n) is 4.29. The van der Waals surface area contributed by atoms with E-state index in [1.807, 2.05) is 36.7 Å². The van der Waals surface area contributed by atoms with Gasteiger partial charge in [0.1, 0.15) is 11.5 Å². The van der Waals surface area contributed by atoms with Crippen molar-refractivity contribution in [3.8, 4) is 0 Å². The second-order valence-corrected chi connectivity index (χ2v) is 3.14. The molecule has 0 N–H and O–H groups in total. The Kier molecular flexibility index (Phi) is 1.93. The van der Waals surface area contributed by atoms with Gasteiger partial charge in [0.25, 0.3) is 0 Å². The normalized spacial score (nSPS) is 10.6. The van der Waals surface area contributed by atoms with Crippen LogP contribution in [0.3, 0.4) is 0 Å². The Balaban J connectivity index is 2.19.